The number of anilines is 1. The summed E-state index contributed by atoms with van der Waals surface area (Å²) in [6, 6.07) is 47.1. The standard InChI is InChI=1S/C49H40N2O7S3/c1-2-34(29-46-50(25-27-57-48(52)37-17-10-5-11-18-37)42-32-38(21-23-44(42)59-46)35-13-6-3-7-14-35)30-47-51(26-28-58-49(53)40-19-12-20-41(31-40)61(54,55)56)43-33-39(22-24-45(43)60-47)36-15-8-4-9-16-36/h3-24,29-33H,2,25-28H2,1H3. The van der Waals surface area contributed by atoms with Gasteiger partial charge < -0.3 is 18.9 Å². The van der Waals surface area contributed by atoms with E-state index in [2.05, 4.69) is 89.2 Å². The van der Waals surface area contributed by atoms with E-state index in [1.54, 1.807) is 35.2 Å². The first-order valence-electron chi connectivity index (χ1n) is 19.7. The Morgan fingerprint density at radius 3 is 2.02 bits per heavy atom. The van der Waals surface area contributed by atoms with Crippen LogP contribution in [0.15, 0.2) is 178 Å². The normalized spacial score (nSPS) is 13.4. The van der Waals surface area contributed by atoms with E-state index in [-0.39, 0.29) is 24.7 Å². The predicted molar refractivity (Wildman–Crippen MR) is 240 cm³/mol. The topological polar surface area (TPSA) is 117 Å². The van der Waals surface area contributed by atoms with Gasteiger partial charge in [0.25, 0.3) is 5.01 Å². The Morgan fingerprint density at radius 2 is 1.33 bits per heavy atom. The van der Waals surface area contributed by atoms with E-state index in [1.807, 2.05) is 54.6 Å². The van der Waals surface area contributed by atoms with E-state index in [1.165, 1.54) is 12.1 Å². The second-order valence-electron chi connectivity index (χ2n) is 14.1. The Kier molecular flexibility index (Phi) is 12.6. The van der Waals surface area contributed by atoms with Crippen LogP contribution in [0.3, 0.4) is 0 Å². The summed E-state index contributed by atoms with van der Waals surface area (Å²) in [4.78, 5) is 28.7. The van der Waals surface area contributed by atoms with Gasteiger partial charge in [-0.1, -0.05) is 127 Å². The highest BCUT2D eigenvalue weighted by Gasteiger charge is 2.27. The second kappa shape index (κ2) is 18.5. The number of rotatable bonds is 14. The monoisotopic (exact) mass is 864 g/mol. The summed E-state index contributed by atoms with van der Waals surface area (Å²) in [6.07, 6.45) is 5.06. The molecule has 0 saturated carbocycles. The van der Waals surface area contributed by atoms with Crippen LogP contribution in [0.1, 0.15) is 39.1 Å². The molecule has 0 atom stereocenters. The van der Waals surface area contributed by atoms with Crippen LogP contribution in [-0.2, 0) is 26.1 Å². The number of carbonyl (C=O) groups is 2. The van der Waals surface area contributed by atoms with Crippen LogP contribution in [0, 0.1) is 0 Å². The molecular formula is C49H40N2O7S3. The molecular weight excluding hydrogens is 825 g/mol. The number of carbonyl (C=O) groups excluding carboxylic acids is 2. The molecule has 0 bridgehead atoms. The molecule has 1 aliphatic heterocycles. The van der Waals surface area contributed by atoms with Crippen molar-refractivity contribution in [3.05, 3.63) is 184 Å². The number of benzene rings is 6. The third-order valence-corrected chi connectivity index (χ3v) is 13.2. The summed E-state index contributed by atoms with van der Waals surface area (Å²) < 4.78 is 49.6. The molecule has 7 aromatic rings. The summed E-state index contributed by atoms with van der Waals surface area (Å²) in [5.41, 5.74) is 7.85. The van der Waals surface area contributed by atoms with Gasteiger partial charge in [-0.3, -0.25) is 0 Å². The number of allylic oxidation sites excluding steroid dienone is 2. The lowest BCUT2D eigenvalue weighted by atomic mass is 10.0. The van der Waals surface area contributed by atoms with Crippen LogP contribution < -0.4 is 9.47 Å². The van der Waals surface area contributed by atoms with Gasteiger partial charge in [0, 0.05) is 17.0 Å². The van der Waals surface area contributed by atoms with Crippen molar-refractivity contribution in [1.29, 1.82) is 0 Å². The number of ether oxygens (including phenoxy) is 2. The minimum atomic E-state index is -4.74. The number of aromatic nitrogens is 1. The van der Waals surface area contributed by atoms with Crippen molar-refractivity contribution < 1.29 is 36.6 Å². The Labute approximate surface area is 363 Å². The number of thioether (sulfide) groups is 1. The molecule has 61 heavy (non-hydrogen) atoms. The lowest BCUT2D eigenvalue weighted by molar-refractivity contribution is -0.669. The summed E-state index contributed by atoms with van der Waals surface area (Å²) in [5.74, 6) is -1.10. The smallest absolute Gasteiger partial charge is 0.338 e. The average Bonchev–Trinajstić information content (AvgIpc) is 3.82. The maximum Gasteiger partial charge on any atom is 0.338 e. The largest absolute Gasteiger partial charge is 0.744 e. The first-order valence-corrected chi connectivity index (χ1v) is 22.7. The van der Waals surface area contributed by atoms with Gasteiger partial charge in [0.2, 0.25) is 5.52 Å². The molecule has 0 saturated heterocycles. The van der Waals surface area contributed by atoms with E-state index in [4.69, 9.17) is 9.47 Å². The molecule has 12 heteroatoms. The Bertz CT molecular complexity index is 2900. The molecule has 0 fully saturated rings. The van der Waals surface area contributed by atoms with Crippen molar-refractivity contribution >= 4 is 67.1 Å². The number of esters is 2. The molecule has 2 heterocycles. The highest BCUT2D eigenvalue weighted by molar-refractivity contribution is 8.03. The van der Waals surface area contributed by atoms with Crippen LogP contribution in [0.4, 0.5) is 5.69 Å². The van der Waals surface area contributed by atoms with Gasteiger partial charge in [0.1, 0.15) is 21.4 Å². The van der Waals surface area contributed by atoms with Crippen molar-refractivity contribution in [3.63, 3.8) is 0 Å². The second-order valence-corrected chi connectivity index (χ2v) is 17.6. The fourth-order valence-corrected chi connectivity index (χ4v) is 9.85. The van der Waals surface area contributed by atoms with E-state index in [0.29, 0.717) is 25.1 Å². The minimum Gasteiger partial charge on any atom is -0.744 e. The van der Waals surface area contributed by atoms with E-state index >= 15 is 0 Å². The highest BCUT2D eigenvalue weighted by atomic mass is 32.2. The zero-order valence-corrected chi connectivity index (χ0v) is 35.6. The molecule has 6 aromatic carbocycles. The molecule has 306 valence electrons. The third kappa shape index (κ3) is 9.69. The molecule has 0 amide bonds. The number of thiazole rings is 1. The minimum absolute atomic E-state index is 0.00692. The molecule has 0 unspecified atom stereocenters. The molecule has 1 aliphatic rings. The van der Waals surface area contributed by atoms with Gasteiger partial charge in [-0.2, -0.15) is 4.57 Å². The summed E-state index contributed by atoms with van der Waals surface area (Å²) in [5, 5.41) is 1.94. The predicted octanol–water partition coefficient (Wildman–Crippen LogP) is 10.4. The fraction of sp³-hybridized carbons (Fsp3) is 0.122. The zero-order valence-electron chi connectivity index (χ0n) is 33.1. The summed E-state index contributed by atoms with van der Waals surface area (Å²) in [7, 11) is -4.74. The molecule has 0 spiro atoms. The van der Waals surface area contributed by atoms with Crippen molar-refractivity contribution in [3.8, 4) is 22.3 Å². The summed E-state index contributed by atoms with van der Waals surface area (Å²) in [6.45, 7) is 3.04. The van der Waals surface area contributed by atoms with E-state index < -0.39 is 21.0 Å². The van der Waals surface area contributed by atoms with Gasteiger partial charge in [0.15, 0.2) is 13.2 Å². The Hall–Kier alpha value is -6.31. The number of hydrogen-bond donors (Lipinski definition) is 0. The molecule has 0 aliphatic carbocycles. The van der Waals surface area contributed by atoms with Gasteiger partial charge >= 0.3 is 11.9 Å². The SMILES string of the molecule is CCC(=Cc1sc2ccc(-c3ccccc3)cc2[n+]1CCOC(=O)c1ccccc1)C=C1Sc2ccc(-c3ccccc3)cc2N1CCOC(=O)c1cccc(S(=O)(=O)[O-])c1. The summed E-state index contributed by atoms with van der Waals surface area (Å²) >= 11 is 3.30. The van der Waals surface area contributed by atoms with E-state index in [0.717, 1.165) is 70.8 Å². The number of hydrogen-bond acceptors (Lipinski definition) is 10. The maximum atomic E-state index is 13.1. The molecule has 8 rings (SSSR count). The molecule has 0 N–H and O–H groups in total. The molecule has 9 nitrogen and oxygen atoms in total. The lowest BCUT2D eigenvalue weighted by Crippen LogP contribution is -2.38. The van der Waals surface area contributed by atoms with Crippen LogP contribution in [0.2, 0.25) is 0 Å². The first-order chi connectivity index (χ1) is 29.6. The fourth-order valence-electron chi connectivity index (χ4n) is 7.04. The third-order valence-electron chi connectivity index (χ3n) is 10.2. The Balaban J connectivity index is 1.12. The van der Waals surface area contributed by atoms with Crippen molar-refractivity contribution in [2.45, 2.75) is 29.7 Å². The average molecular weight is 865 g/mol. The van der Waals surface area contributed by atoms with Crippen LogP contribution in [-0.4, -0.2) is 44.7 Å². The van der Waals surface area contributed by atoms with Crippen molar-refractivity contribution in [2.75, 3.05) is 24.7 Å². The zero-order chi connectivity index (χ0) is 42.3. The lowest BCUT2D eigenvalue weighted by Gasteiger charge is -2.21. The number of nitrogens with zero attached hydrogens (tertiary/aromatic N) is 2. The molecule has 0 radical (unpaired) electrons. The van der Waals surface area contributed by atoms with Crippen LogP contribution in [0.25, 0.3) is 38.5 Å². The van der Waals surface area contributed by atoms with Crippen LogP contribution in [0.5, 0.6) is 0 Å². The van der Waals surface area contributed by atoms with E-state index in [9.17, 15) is 22.6 Å². The quantitative estimate of drug-likeness (QED) is 0.0598. The number of fused-ring (bicyclic) bond motifs is 2. The highest BCUT2D eigenvalue weighted by Crippen LogP contribution is 2.48. The van der Waals surface area contributed by atoms with Gasteiger partial charge in [0.05, 0.1) is 33.3 Å². The van der Waals surface area contributed by atoms with Gasteiger partial charge in [-0.05, 0) is 88.9 Å². The van der Waals surface area contributed by atoms with Crippen molar-refractivity contribution in [2.24, 2.45) is 0 Å². The first kappa shape index (κ1) is 41.4. The van der Waals surface area contributed by atoms with Gasteiger partial charge in [-0.15, -0.1) is 0 Å². The maximum absolute atomic E-state index is 13.1. The van der Waals surface area contributed by atoms with Gasteiger partial charge in [-0.25, -0.2) is 18.0 Å². The van der Waals surface area contributed by atoms with Crippen molar-refractivity contribution in [1.82, 2.24) is 0 Å². The van der Waals surface area contributed by atoms with Crippen LogP contribution >= 0.6 is 23.1 Å². The Morgan fingerprint density at radius 1 is 0.705 bits per heavy atom. The molecule has 1 aromatic heterocycles.